The first-order valence-corrected chi connectivity index (χ1v) is 13.7. The van der Waals surface area contributed by atoms with Gasteiger partial charge in [0.1, 0.15) is 0 Å². The minimum atomic E-state index is -0.578. The van der Waals surface area contributed by atoms with Gasteiger partial charge in [-0.25, -0.2) is 9.59 Å². The lowest BCUT2D eigenvalue weighted by Crippen LogP contribution is -2.06. The van der Waals surface area contributed by atoms with Crippen LogP contribution in [-0.2, 0) is 57.9 Å². The minimum absolute atomic E-state index is 0. The Balaban J connectivity index is -0.0000000526. The summed E-state index contributed by atoms with van der Waals surface area (Å²) in [5.41, 5.74) is 0. The summed E-state index contributed by atoms with van der Waals surface area (Å²) in [6, 6.07) is 0. The highest BCUT2D eigenvalue weighted by atomic mass is 16.5. The molecule has 0 aromatic carbocycles. The fourth-order valence-corrected chi connectivity index (χ4v) is 2.05. The molecule has 0 saturated carbocycles. The SMILES string of the molecule is C.C1CCOC1.CCCCO.COC(=O)/C=C\C(=O)OC.COC(=O)CCC(=O)OC.O.O.O=C1CCCO1.OCCCCO.[H+].[OH3+]. The van der Waals surface area contributed by atoms with Crippen LogP contribution in [-0.4, -0.2) is 124 Å². The van der Waals surface area contributed by atoms with Gasteiger partial charge in [0.05, 0.1) is 47.9 Å². The number of hydrogen-bond donors (Lipinski definition) is 3. The molecular weight excluding hydrogens is 620 g/mol. The Labute approximate surface area is 274 Å². The smallest absolute Gasteiger partial charge is 0.469 e. The van der Waals surface area contributed by atoms with Gasteiger partial charge in [0.25, 0.3) is 0 Å². The molecule has 0 aromatic rings. The Morgan fingerprint density at radius 2 is 1.11 bits per heavy atom. The summed E-state index contributed by atoms with van der Waals surface area (Å²) in [4.78, 5) is 51.5. The molecule has 0 spiro atoms. The van der Waals surface area contributed by atoms with Crippen LogP contribution in [0.2, 0.25) is 0 Å². The number of hydrogen-bond acceptors (Lipinski definition) is 14. The van der Waals surface area contributed by atoms with Crippen LogP contribution in [0.15, 0.2) is 12.2 Å². The topological polar surface area (TPSA) is 297 Å². The number of aliphatic hydroxyl groups excluding tert-OH is 3. The van der Waals surface area contributed by atoms with Crippen molar-refractivity contribution in [2.45, 2.75) is 78.6 Å². The second-order valence-corrected chi connectivity index (χ2v) is 7.91. The molecule has 0 radical (unpaired) electrons. The molecule has 2 rings (SSSR count). The third-order valence-electron chi connectivity index (χ3n) is 4.44. The summed E-state index contributed by atoms with van der Waals surface area (Å²) in [5, 5.41) is 24.2. The molecule has 17 nitrogen and oxygen atoms in total. The van der Waals surface area contributed by atoms with Crippen LogP contribution in [0.4, 0.5) is 0 Å². The zero-order valence-corrected chi connectivity index (χ0v) is 27.4. The first kappa shape index (κ1) is 61.8. The molecule has 2 saturated heterocycles. The third-order valence-corrected chi connectivity index (χ3v) is 4.44. The van der Waals surface area contributed by atoms with Crippen molar-refractivity contribution >= 4 is 29.8 Å². The van der Waals surface area contributed by atoms with Crippen molar-refractivity contribution < 1.29 is 85.6 Å². The lowest BCUT2D eigenvalue weighted by Gasteiger charge is -1.96. The first-order chi connectivity index (χ1) is 20.1. The van der Waals surface area contributed by atoms with E-state index in [1.165, 1.54) is 41.3 Å². The van der Waals surface area contributed by atoms with Gasteiger partial charge in [0, 0.05) is 51.6 Å². The number of carbonyl (C=O) groups excluding carboxylic acids is 5. The van der Waals surface area contributed by atoms with E-state index >= 15 is 0 Å². The molecule has 0 amide bonds. The van der Waals surface area contributed by atoms with Gasteiger partial charge in [-0.3, -0.25) is 14.4 Å². The molecule has 0 bridgehead atoms. The number of aliphatic hydroxyl groups is 3. The quantitative estimate of drug-likeness (QED) is 0.0885. The minimum Gasteiger partial charge on any atom is -0.469 e. The van der Waals surface area contributed by atoms with Crippen molar-refractivity contribution in [2.75, 3.05) is 68.1 Å². The molecule has 0 atom stereocenters. The van der Waals surface area contributed by atoms with E-state index in [-0.39, 0.29) is 57.3 Å². The van der Waals surface area contributed by atoms with Gasteiger partial charge < -0.3 is 60.2 Å². The molecule has 2 aliphatic heterocycles. The zero-order valence-electron chi connectivity index (χ0n) is 28.4. The van der Waals surface area contributed by atoms with Crippen molar-refractivity contribution in [1.29, 1.82) is 0 Å². The Morgan fingerprint density at radius 1 is 0.717 bits per heavy atom. The highest BCUT2D eigenvalue weighted by Crippen LogP contribution is 2.01. The van der Waals surface area contributed by atoms with E-state index in [2.05, 4.69) is 30.6 Å². The number of esters is 5. The third kappa shape index (κ3) is 63.9. The largest absolute Gasteiger partial charge is 1.00 e. The molecule has 2 heterocycles. The number of methoxy groups -OCH3 is 4. The highest BCUT2D eigenvalue weighted by Gasteiger charge is 2.08. The fraction of sp³-hybridized carbons (Fsp3) is 0.759. The summed E-state index contributed by atoms with van der Waals surface area (Å²) in [7, 11) is 5.01. The maximum Gasteiger partial charge on any atom is 1.00 e. The molecule has 0 aromatic heterocycles. The predicted octanol–water partition coefficient (Wildman–Crippen LogP) is -0.171. The maximum atomic E-state index is 10.4. The number of cyclic esters (lactones) is 1. The first-order valence-electron chi connectivity index (χ1n) is 13.7. The van der Waals surface area contributed by atoms with E-state index in [9.17, 15) is 24.0 Å². The van der Waals surface area contributed by atoms with Gasteiger partial charge in [-0.15, -0.1) is 0 Å². The van der Waals surface area contributed by atoms with Crippen LogP contribution in [0.5, 0.6) is 0 Å². The lowest BCUT2D eigenvalue weighted by atomic mass is 10.3. The molecule has 280 valence electrons. The normalized spacial score (nSPS) is 11.3. The average molecular weight is 685 g/mol. The van der Waals surface area contributed by atoms with Crippen molar-refractivity contribution in [3.8, 4) is 0 Å². The van der Waals surface area contributed by atoms with Crippen molar-refractivity contribution in [2.24, 2.45) is 0 Å². The standard InChI is InChI=1S/C6H10O4.C6H8O4.C4H6O2.C4H10O2.C4H8O.C4H10O.CH4.3H2O/c2*1-9-5(7)3-4-6(8)10-2;5-4-2-1-3-6-4;5-3-1-2-4-6;1-2-4-5-3-1;1-2-3-4-5;;;;/h3-4H2,1-2H3;3-4H,1-2H3;1-3H2;5-6H,1-4H2;1-4H2;5H,2-4H2,1H3;1H4;3*1H2/p+2/b;4-3-;;;;;;;;. The Morgan fingerprint density at radius 3 is 1.26 bits per heavy atom. The second-order valence-electron chi connectivity index (χ2n) is 7.91. The van der Waals surface area contributed by atoms with E-state index in [1.54, 1.807) is 0 Å². The fourth-order valence-electron chi connectivity index (χ4n) is 2.05. The molecule has 2 fully saturated rings. The summed E-state index contributed by atoms with van der Waals surface area (Å²) < 4.78 is 26.5. The summed E-state index contributed by atoms with van der Waals surface area (Å²) in [6.07, 6.45) is 9.73. The van der Waals surface area contributed by atoms with Gasteiger partial charge in [-0.05, 0) is 38.5 Å². The van der Waals surface area contributed by atoms with Gasteiger partial charge in [-0.2, -0.15) is 0 Å². The maximum absolute atomic E-state index is 10.4. The van der Waals surface area contributed by atoms with Crippen molar-refractivity contribution in [3.05, 3.63) is 12.2 Å². The van der Waals surface area contributed by atoms with Crippen LogP contribution >= 0.6 is 0 Å². The molecule has 46 heavy (non-hydrogen) atoms. The summed E-state index contributed by atoms with van der Waals surface area (Å²) in [6.45, 7) is 5.42. The molecule has 2 aliphatic rings. The highest BCUT2D eigenvalue weighted by molar-refractivity contribution is 5.91. The molecule has 0 aliphatic carbocycles. The van der Waals surface area contributed by atoms with E-state index in [0.717, 1.165) is 57.5 Å². The van der Waals surface area contributed by atoms with Gasteiger partial charge in [0.2, 0.25) is 0 Å². The Hall–Kier alpha value is -3.19. The second kappa shape index (κ2) is 54.3. The number of unbranched alkanes of at least 4 members (excludes halogenated alkanes) is 2. The number of carbonyl (C=O) groups is 5. The van der Waals surface area contributed by atoms with Gasteiger partial charge in [-0.1, -0.05) is 20.8 Å². The summed E-state index contributed by atoms with van der Waals surface area (Å²) in [5.74, 6) is -2.00. The molecule has 10 N–H and O–H groups in total. The van der Waals surface area contributed by atoms with Gasteiger partial charge in [0.15, 0.2) is 0 Å². The van der Waals surface area contributed by atoms with Crippen LogP contribution < -0.4 is 0 Å². The summed E-state index contributed by atoms with van der Waals surface area (Å²) >= 11 is 0. The monoisotopic (exact) mass is 684 g/mol. The van der Waals surface area contributed by atoms with Crippen LogP contribution in [0.1, 0.15) is 80.0 Å². The predicted molar refractivity (Wildman–Crippen MR) is 172 cm³/mol. The van der Waals surface area contributed by atoms with E-state index in [1.807, 2.05) is 0 Å². The van der Waals surface area contributed by atoms with E-state index < -0.39 is 23.9 Å². The number of rotatable bonds is 10. The van der Waals surface area contributed by atoms with Crippen LogP contribution in [0.3, 0.4) is 0 Å². The molecular formula is C29H64O17+2. The number of ether oxygens (including phenoxy) is 6. The van der Waals surface area contributed by atoms with Crippen LogP contribution in [0, 0.1) is 0 Å². The van der Waals surface area contributed by atoms with E-state index in [4.69, 9.17) is 20.1 Å². The van der Waals surface area contributed by atoms with Crippen LogP contribution in [0.25, 0.3) is 0 Å². The lowest BCUT2D eigenvalue weighted by molar-refractivity contribution is -0.147. The molecule has 17 heteroatoms. The van der Waals surface area contributed by atoms with E-state index in [0.29, 0.717) is 19.6 Å². The Bertz CT molecular complexity index is 632. The Kier molecular flexibility index (Phi) is 72.9. The molecule has 0 unspecified atom stereocenters. The zero-order chi connectivity index (χ0) is 32.9. The average Bonchev–Trinajstić information content (AvgIpc) is 3.76. The van der Waals surface area contributed by atoms with Gasteiger partial charge >= 0.3 is 31.3 Å². The van der Waals surface area contributed by atoms with Crippen molar-refractivity contribution in [3.63, 3.8) is 0 Å². The van der Waals surface area contributed by atoms with Crippen molar-refractivity contribution in [1.82, 2.24) is 0 Å².